The van der Waals surface area contributed by atoms with Gasteiger partial charge < -0.3 is 19.7 Å². The highest BCUT2D eigenvalue weighted by atomic mass is 35.5. The SMILES string of the molecule is CC(=O)Nc1ccccc1C(C)C.CC(C)Cc1ccc(Cl)cc1.CC(C)N(C)C.CC(C)c1c(F)cccc1F.CC(C)c1ccc(C#N)cc1.CC(C)c1cccc(C#N)c1.CC(C)c1cccc(Cl)c1.CCOc1ccccc1C(C)C.COc1ccc(C(C)C)cc1. The number of halogens is 4. The predicted octanol–water partition coefficient (Wildman–Crippen LogP) is 25.2. The molecule has 0 fully saturated rings. The highest BCUT2D eigenvalue weighted by Gasteiger charge is 2.12. The molecule has 11 heteroatoms. The minimum absolute atomic E-state index is 0.0203. The van der Waals surface area contributed by atoms with Gasteiger partial charge in [-0.3, -0.25) is 4.79 Å². The maximum absolute atomic E-state index is 12.9. The highest BCUT2D eigenvalue weighted by molar-refractivity contribution is 6.30. The fraction of sp³-hybridized carbons (Fsp3) is 0.400. The van der Waals surface area contributed by atoms with Crippen molar-refractivity contribution in [3.8, 4) is 23.6 Å². The smallest absolute Gasteiger partial charge is 0.221 e. The Bertz CT molecular complexity index is 3430. The van der Waals surface area contributed by atoms with Gasteiger partial charge in [0, 0.05) is 34.3 Å². The van der Waals surface area contributed by atoms with Gasteiger partial charge >= 0.3 is 0 Å². The van der Waals surface area contributed by atoms with Crippen molar-refractivity contribution < 1.29 is 23.0 Å². The molecule has 0 aliphatic rings. The van der Waals surface area contributed by atoms with Crippen molar-refractivity contribution in [3.63, 3.8) is 0 Å². The number of methoxy groups -OCH3 is 1. The van der Waals surface area contributed by atoms with Crippen LogP contribution in [0.4, 0.5) is 14.5 Å². The first-order valence-electron chi connectivity index (χ1n) is 33.6. The molecule has 0 unspecified atom stereocenters. The third-order valence-corrected chi connectivity index (χ3v) is 15.1. The van der Waals surface area contributed by atoms with Gasteiger partial charge in [-0.2, -0.15) is 10.5 Å². The second-order valence-corrected chi connectivity index (χ2v) is 26.9. The van der Waals surface area contributed by atoms with Crippen LogP contribution in [-0.2, 0) is 11.2 Å². The fourth-order valence-corrected chi connectivity index (χ4v) is 8.79. The number of ether oxygens (including phenoxy) is 2. The van der Waals surface area contributed by atoms with Gasteiger partial charge in [0.1, 0.15) is 23.1 Å². The summed E-state index contributed by atoms with van der Waals surface area (Å²) in [6.07, 6.45) is 1.14. The largest absolute Gasteiger partial charge is 0.497 e. The summed E-state index contributed by atoms with van der Waals surface area (Å²) in [5.74, 6) is 4.81. The number of rotatable bonds is 14. The number of para-hydroxylation sites is 2. The topological polar surface area (TPSA) is 98.4 Å². The van der Waals surface area contributed by atoms with Crippen molar-refractivity contribution in [2.75, 3.05) is 33.1 Å². The van der Waals surface area contributed by atoms with E-state index in [1.165, 1.54) is 64.1 Å². The molecule has 0 bridgehead atoms. The first kappa shape index (κ1) is 88.2. The highest BCUT2D eigenvalue weighted by Crippen LogP contribution is 2.27. The number of hydrogen-bond acceptors (Lipinski definition) is 6. The zero-order valence-corrected chi connectivity index (χ0v) is 63.6. The Hall–Kier alpha value is -7.79. The fourth-order valence-electron chi connectivity index (χ4n) is 8.47. The third-order valence-electron chi connectivity index (χ3n) is 14.6. The van der Waals surface area contributed by atoms with E-state index in [1.54, 1.807) is 21.0 Å². The van der Waals surface area contributed by atoms with E-state index in [0.717, 1.165) is 57.3 Å². The van der Waals surface area contributed by atoms with E-state index in [-0.39, 0.29) is 17.4 Å². The van der Waals surface area contributed by atoms with Crippen molar-refractivity contribution in [1.29, 1.82) is 10.5 Å². The van der Waals surface area contributed by atoms with Crippen LogP contribution in [0.1, 0.15) is 236 Å². The number of nitriles is 2. The third kappa shape index (κ3) is 38.7. The van der Waals surface area contributed by atoms with Crippen LogP contribution in [0.5, 0.6) is 11.5 Å². The molecular formula is C85H114Cl2F2N4O3. The van der Waals surface area contributed by atoms with Gasteiger partial charge in [0.2, 0.25) is 5.91 Å². The Labute approximate surface area is 590 Å². The predicted molar refractivity (Wildman–Crippen MR) is 409 cm³/mol. The van der Waals surface area contributed by atoms with E-state index in [1.807, 2.05) is 134 Å². The summed E-state index contributed by atoms with van der Waals surface area (Å²) >= 11 is 11.5. The van der Waals surface area contributed by atoms with E-state index in [2.05, 4.69) is 190 Å². The Balaban J connectivity index is 0.00000106. The normalized spacial score (nSPS) is 10.2. The van der Waals surface area contributed by atoms with E-state index >= 15 is 0 Å². The monoisotopic (exact) mass is 1350 g/mol. The Morgan fingerprint density at radius 3 is 1.31 bits per heavy atom. The molecule has 0 heterocycles. The number of hydrogen-bond donors (Lipinski definition) is 1. The molecule has 8 aromatic carbocycles. The second kappa shape index (κ2) is 49.7. The molecule has 8 aromatic rings. The molecule has 0 aliphatic carbocycles. The maximum Gasteiger partial charge on any atom is 0.221 e. The molecule has 0 saturated carbocycles. The van der Waals surface area contributed by atoms with Crippen LogP contribution in [0, 0.1) is 40.2 Å². The molecule has 0 aliphatic heterocycles. The molecule has 7 nitrogen and oxygen atoms in total. The van der Waals surface area contributed by atoms with Crippen molar-refractivity contribution in [1.82, 2.24) is 4.90 Å². The van der Waals surface area contributed by atoms with Gasteiger partial charge in [-0.25, -0.2) is 8.78 Å². The second-order valence-electron chi connectivity index (χ2n) is 26.0. The molecule has 0 atom stereocenters. The van der Waals surface area contributed by atoms with Gasteiger partial charge in [-0.15, -0.1) is 0 Å². The molecular weight excluding hydrogens is 1230 g/mol. The van der Waals surface area contributed by atoms with Gasteiger partial charge in [-0.1, -0.05) is 237 Å². The van der Waals surface area contributed by atoms with Crippen LogP contribution < -0.4 is 14.8 Å². The molecule has 0 aromatic heterocycles. The van der Waals surface area contributed by atoms with Crippen molar-refractivity contribution in [2.24, 2.45) is 5.92 Å². The summed E-state index contributed by atoms with van der Waals surface area (Å²) in [4.78, 5) is 13.0. The Kier molecular flexibility index (Phi) is 45.7. The lowest BCUT2D eigenvalue weighted by Gasteiger charge is -2.12. The minimum atomic E-state index is -0.458. The Morgan fingerprint density at radius 1 is 0.490 bits per heavy atom. The summed E-state index contributed by atoms with van der Waals surface area (Å²) in [6, 6.07) is 64.6. The lowest BCUT2D eigenvalue weighted by molar-refractivity contribution is -0.114. The van der Waals surface area contributed by atoms with Gasteiger partial charge in [0.05, 0.1) is 37.0 Å². The Morgan fingerprint density at radius 2 is 0.927 bits per heavy atom. The van der Waals surface area contributed by atoms with Crippen LogP contribution in [0.3, 0.4) is 0 Å². The van der Waals surface area contributed by atoms with Gasteiger partial charge in [-0.05, 0) is 213 Å². The van der Waals surface area contributed by atoms with E-state index in [4.69, 9.17) is 43.2 Å². The lowest BCUT2D eigenvalue weighted by Crippen LogP contribution is -2.20. The molecule has 520 valence electrons. The van der Waals surface area contributed by atoms with Crippen LogP contribution in [0.15, 0.2) is 188 Å². The summed E-state index contributed by atoms with van der Waals surface area (Å²) in [7, 11) is 5.83. The molecule has 1 N–H and O–H groups in total. The van der Waals surface area contributed by atoms with E-state index in [9.17, 15) is 13.6 Å². The molecule has 96 heavy (non-hydrogen) atoms. The molecule has 8 rings (SSSR count). The van der Waals surface area contributed by atoms with Crippen LogP contribution >= 0.6 is 23.2 Å². The average molecular weight is 1350 g/mol. The summed E-state index contributed by atoms with van der Waals surface area (Å²) in [6.45, 7) is 42.4. The number of amides is 1. The number of nitrogens with one attached hydrogen (secondary N) is 1. The zero-order valence-electron chi connectivity index (χ0n) is 62.1. The number of carbonyl (C=O) groups excluding carboxylic acids is 1. The average Bonchev–Trinajstić information content (AvgIpc) is 0.967. The summed E-state index contributed by atoms with van der Waals surface area (Å²) in [5, 5.41) is 21.6. The number of nitrogens with zero attached hydrogens (tertiary/aromatic N) is 3. The molecule has 0 radical (unpaired) electrons. The van der Waals surface area contributed by atoms with Crippen molar-refractivity contribution >= 4 is 34.8 Å². The summed E-state index contributed by atoms with van der Waals surface area (Å²) < 4.78 is 36.3. The standard InChI is InChI=1S/C11H15NO.C11H16O.C10H13Cl.2C10H11N.C10H14O.C9H11Cl.C9H10F2.C5H13N/c1-8(2)10-6-4-5-7-11(10)12-9(3)13;1-4-12-11-8-6-5-7-10(11)9(2)3;1-8(2)7-9-3-5-10(11)6-4-9;1-8(2)10-5-3-9(7-11)4-6-10;1-8(2)10-5-3-4-9(6-10)7-11;1-8(2)9-4-6-10(11-3)7-5-9;1-7(2)8-4-3-5-9(10)6-8;1-6(2)9-7(10)4-3-5-8(9)11;1-5(2)6(3)4/h4-8H,1-3H3,(H,12,13);5-9H,4H2,1-3H3;3-6,8H,7H2,1-2H3;2*3-6,8H,1-2H3;4-8H,1-3H3;3-7H,1-2H3;3-6H,1-2H3;5H,1-4H3. The van der Waals surface area contributed by atoms with E-state index < -0.39 is 11.6 Å². The zero-order chi connectivity index (χ0) is 73.0. The van der Waals surface area contributed by atoms with Crippen LogP contribution in [0.2, 0.25) is 10.0 Å². The quantitative estimate of drug-likeness (QED) is 0.116. The number of carbonyl (C=O) groups is 1. The van der Waals surface area contributed by atoms with E-state index in [0.29, 0.717) is 41.5 Å². The molecule has 1 amide bonds. The van der Waals surface area contributed by atoms with Crippen LogP contribution in [0.25, 0.3) is 0 Å². The molecule has 0 spiro atoms. The first-order valence-corrected chi connectivity index (χ1v) is 34.3. The first-order chi connectivity index (χ1) is 45.2. The number of anilines is 1. The van der Waals surface area contributed by atoms with Gasteiger partial charge in [0.15, 0.2) is 0 Å². The molecule has 0 saturated heterocycles. The minimum Gasteiger partial charge on any atom is -0.497 e. The van der Waals surface area contributed by atoms with Crippen LogP contribution in [-0.4, -0.2) is 44.7 Å². The maximum atomic E-state index is 12.9. The lowest BCUT2D eigenvalue weighted by atomic mass is 10.0. The summed E-state index contributed by atoms with van der Waals surface area (Å²) in [5.41, 5.74) is 11.6. The number of benzene rings is 8. The van der Waals surface area contributed by atoms with Crippen molar-refractivity contribution in [3.05, 3.63) is 265 Å². The van der Waals surface area contributed by atoms with Crippen molar-refractivity contribution in [2.45, 2.75) is 192 Å². The van der Waals surface area contributed by atoms with Gasteiger partial charge in [0.25, 0.3) is 0 Å².